The van der Waals surface area contributed by atoms with E-state index in [0.717, 1.165) is 28.6 Å². The molecule has 0 aliphatic carbocycles. The monoisotopic (exact) mass is 466 g/mol. The van der Waals surface area contributed by atoms with Crippen LogP contribution in [0.15, 0.2) is 41.6 Å². The molecule has 1 fully saturated rings. The number of anilines is 1. The molecule has 1 atom stereocenters. The molecule has 1 saturated heterocycles. The molecule has 0 amide bonds. The van der Waals surface area contributed by atoms with Crippen LogP contribution in [-0.2, 0) is 14.8 Å². The second kappa shape index (κ2) is 8.24. The Balaban J connectivity index is 1.84. The number of sulfonamides is 1. The van der Waals surface area contributed by atoms with Crippen LogP contribution in [0, 0.1) is 0 Å². The van der Waals surface area contributed by atoms with Crippen molar-refractivity contribution >= 4 is 33.4 Å². The summed E-state index contributed by atoms with van der Waals surface area (Å²) in [6.45, 7) is -0.287. The van der Waals surface area contributed by atoms with Crippen molar-refractivity contribution in [3.05, 3.63) is 41.8 Å². The first-order valence-corrected chi connectivity index (χ1v) is 10.1. The van der Waals surface area contributed by atoms with E-state index in [2.05, 4.69) is 14.7 Å². The van der Waals surface area contributed by atoms with Gasteiger partial charge in [0.2, 0.25) is 10.0 Å². The first kappa shape index (κ1) is 22.1. The van der Waals surface area contributed by atoms with E-state index in [4.69, 9.17) is 11.6 Å². The summed E-state index contributed by atoms with van der Waals surface area (Å²) in [5.74, 6) is -1.64. The van der Waals surface area contributed by atoms with Gasteiger partial charge in [0.25, 0.3) is 0 Å². The third-order valence-electron chi connectivity index (χ3n) is 4.22. The number of carbonyl (C=O) groups is 1. The summed E-state index contributed by atoms with van der Waals surface area (Å²) in [4.78, 5) is 20.7. The second-order valence-corrected chi connectivity index (χ2v) is 8.41. The van der Waals surface area contributed by atoms with Crippen LogP contribution in [0.25, 0.3) is 0 Å². The van der Waals surface area contributed by atoms with Crippen molar-refractivity contribution in [1.82, 2.24) is 14.3 Å². The second-order valence-electron chi connectivity index (χ2n) is 6.13. The number of alkyl halides is 3. The Morgan fingerprint density at radius 1 is 1.20 bits per heavy atom. The summed E-state index contributed by atoms with van der Waals surface area (Å²) in [5, 5.41) is 9.72. The summed E-state index contributed by atoms with van der Waals surface area (Å²) in [6, 6.07) is 3.50. The maximum absolute atomic E-state index is 12.9. The molecule has 9 nitrogen and oxygen atoms in total. The van der Waals surface area contributed by atoms with Crippen molar-refractivity contribution in [1.29, 1.82) is 0 Å². The molecule has 14 heteroatoms. The smallest absolute Gasteiger partial charge is 0.480 e. The van der Waals surface area contributed by atoms with E-state index in [1.165, 1.54) is 12.4 Å². The van der Waals surface area contributed by atoms with Crippen LogP contribution in [0.2, 0.25) is 5.15 Å². The molecule has 1 aromatic heterocycles. The average molecular weight is 467 g/mol. The van der Waals surface area contributed by atoms with Gasteiger partial charge in [-0.15, -0.1) is 13.2 Å². The van der Waals surface area contributed by atoms with E-state index in [1.807, 2.05) is 0 Å². The summed E-state index contributed by atoms with van der Waals surface area (Å²) in [6.07, 6.45) is -3.73. The quantitative estimate of drug-likeness (QED) is 0.666. The standard InChI is InChI=1S/C16H14ClF3N4O5S/c17-13-7-14(22-9-21-13)23-5-6-24(12(8-23)15(25)26)30(27,28)11-3-1-10(2-4-11)29-16(18,19)20/h1-4,7,9,12H,5-6,8H2,(H,25,26)/t12-/m1/s1. The van der Waals surface area contributed by atoms with Gasteiger partial charge in [-0.1, -0.05) is 11.6 Å². The molecule has 30 heavy (non-hydrogen) atoms. The third-order valence-corrected chi connectivity index (χ3v) is 6.35. The van der Waals surface area contributed by atoms with Gasteiger partial charge in [-0.3, -0.25) is 4.79 Å². The lowest BCUT2D eigenvalue weighted by Crippen LogP contribution is -2.58. The van der Waals surface area contributed by atoms with Crippen molar-refractivity contribution in [2.45, 2.75) is 17.3 Å². The zero-order valence-electron chi connectivity index (χ0n) is 15.0. The molecule has 0 bridgehead atoms. The Hall–Kier alpha value is -2.64. The number of hydrogen-bond donors (Lipinski definition) is 1. The molecule has 1 aromatic carbocycles. The van der Waals surface area contributed by atoms with Crippen molar-refractivity contribution in [2.75, 3.05) is 24.5 Å². The Labute approximate surface area is 173 Å². The zero-order valence-corrected chi connectivity index (χ0v) is 16.5. The molecule has 1 aliphatic rings. The van der Waals surface area contributed by atoms with Gasteiger partial charge in [-0.05, 0) is 24.3 Å². The lowest BCUT2D eigenvalue weighted by Gasteiger charge is -2.38. The van der Waals surface area contributed by atoms with Gasteiger partial charge in [0, 0.05) is 25.7 Å². The number of ether oxygens (including phenoxy) is 1. The van der Waals surface area contributed by atoms with Crippen LogP contribution >= 0.6 is 11.6 Å². The Bertz CT molecular complexity index is 1040. The van der Waals surface area contributed by atoms with Gasteiger partial charge in [0.15, 0.2) is 0 Å². The molecule has 2 heterocycles. The number of carboxylic acid groups (broad SMARTS) is 1. The average Bonchev–Trinajstić information content (AvgIpc) is 2.66. The fraction of sp³-hybridized carbons (Fsp3) is 0.312. The number of hydrogen-bond acceptors (Lipinski definition) is 7. The number of aromatic nitrogens is 2. The summed E-state index contributed by atoms with van der Waals surface area (Å²) >= 11 is 5.82. The highest BCUT2D eigenvalue weighted by Gasteiger charge is 2.41. The van der Waals surface area contributed by atoms with E-state index in [1.54, 1.807) is 4.90 Å². The molecule has 1 aliphatic heterocycles. The van der Waals surface area contributed by atoms with E-state index in [-0.39, 0.29) is 29.7 Å². The van der Waals surface area contributed by atoms with Crippen LogP contribution in [-0.4, -0.2) is 65.8 Å². The van der Waals surface area contributed by atoms with Gasteiger partial charge in [0.05, 0.1) is 4.90 Å². The molecular formula is C16H14ClF3N4O5S. The number of carboxylic acids is 1. The first-order chi connectivity index (χ1) is 14.0. The van der Waals surface area contributed by atoms with Crippen LogP contribution in [0.4, 0.5) is 19.0 Å². The van der Waals surface area contributed by atoms with E-state index >= 15 is 0 Å². The molecule has 0 unspecified atom stereocenters. The Morgan fingerprint density at radius 2 is 1.87 bits per heavy atom. The van der Waals surface area contributed by atoms with E-state index in [9.17, 15) is 31.5 Å². The normalized spacial score (nSPS) is 18.3. The highest BCUT2D eigenvalue weighted by molar-refractivity contribution is 7.89. The Morgan fingerprint density at radius 3 is 2.43 bits per heavy atom. The molecule has 0 saturated carbocycles. The molecule has 2 aromatic rings. The van der Waals surface area contributed by atoms with Gasteiger partial charge in [-0.25, -0.2) is 18.4 Å². The third kappa shape index (κ3) is 4.91. The van der Waals surface area contributed by atoms with Crippen molar-refractivity contribution in [3.63, 3.8) is 0 Å². The summed E-state index contributed by atoms with van der Waals surface area (Å²) in [5.41, 5.74) is 0. The minimum Gasteiger partial charge on any atom is -0.480 e. The summed E-state index contributed by atoms with van der Waals surface area (Å²) < 4.78 is 67.2. The first-order valence-electron chi connectivity index (χ1n) is 8.30. The fourth-order valence-corrected chi connectivity index (χ4v) is 4.62. The lowest BCUT2D eigenvalue weighted by molar-refractivity contribution is -0.274. The van der Waals surface area contributed by atoms with Crippen molar-refractivity contribution in [3.8, 4) is 5.75 Å². The molecule has 3 rings (SSSR count). The Kier molecular flexibility index (Phi) is 6.06. The fourth-order valence-electron chi connectivity index (χ4n) is 2.91. The van der Waals surface area contributed by atoms with Crippen LogP contribution in [0.3, 0.4) is 0 Å². The van der Waals surface area contributed by atoms with Gasteiger partial charge >= 0.3 is 12.3 Å². The highest BCUT2D eigenvalue weighted by atomic mass is 35.5. The maximum Gasteiger partial charge on any atom is 0.573 e. The number of nitrogens with zero attached hydrogens (tertiary/aromatic N) is 4. The SMILES string of the molecule is O=C(O)[C@H]1CN(c2cc(Cl)ncn2)CCN1S(=O)(=O)c1ccc(OC(F)(F)F)cc1. The minimum atomic E-state index is -4.92. The maximum atomic E-state index is 12.9. The van der Waals surface area contributed by atoms with Gasteiger partial charge in [-0.2, -0.15) is 4.31 Å². The minimum absolute atomic E-state index is 0.117. The van der Waals surface area contributed by atoms with Crippen LogP contribution in [0.1, 0.15) is 0 Å². The number of rotatable bonds is 5. The molecule has 162 valence electrons. The predicted octanol–water partition coefficient (Wildman–Crippen LogP) is 1.99. The topological polar surface area (TPSA) is 113 Å². The molecule has 0 radical (unpaired) electrons. The molecule has 1 N–H and O–H groups in total. The van der Waals surface area contributed by atoms with Crippen molar-refractivity contribution in [2.24, 2.45) is 0 Å². The molecular weight excluding hydrogens is 453 g/mol. The van der Waals surface area contributed by atoms with E-state index < -0.39 is 34.1 Å². The van der Waals surface area contributed by atoms with Crippen LogP contribution < -0.4 is 9.64 Å². The number of benzene rings is 1. The van der Waals surface area contributed by atoms with Crippen LogP contribution in [0.5, 0.6) is 5.75 Å². The van der Waals surface area contributed by atoms with Gasteiger partial charge in [0.1, 0.15) is 29.1 Å². The molecule has 0 spiro atoms. The predicted molar refractivity (Wildman–Crippen MR) is 97.7 cm³/mol. The van der Waals surface area contributed by atoms with E-state index in [0.29, 0.717) is 5.82 Å². The number of piperazine rings is 1. The van der Waals surface area contributed by atoms with Crippen molar-refractivity contribution < 1.29 is 36.2 Å². The lowest BCUT2D eigenvalue weighted by atomic mass is 10.2. The highest BCUT2D eigenvalue weighted by Crippen LogP contribution is 2.28. The summed E-state index contributed by atoms with van der Waals surface area (Å²) in [7, 11) is -4.30. The largest absolute Gasteiger partial charge is 0.573 e. The van der Waals surface area contributed by atoms with Gasteiger partial charge < -0.3 is 14.7 Å². The number of aliphatic carboxylic acids is 1. The number of halogens is 4. The zero-order chi connectivity index (χ0) is 22.1.